The second kappa shape index (κ2) is 10.2. The molecule has 0 radical (unpaired) electrons. The van der Waals surface area contributed by atoms with Gasteiger partial charge >= 0.3 is 279 Å². The van der Waals surface area contributed by atoms with Crippen molar-refractivity contribution in [1.29, 1.82) is 0 Å². The number of fused-ring (bicyclic) bond motifs is 4. The summed E-state index contributed by atoms with van der Waals surface area (Å²) in [5.41, 5.74) is 2.24. The van der Waals surface area contributed by atoms with Gasteiger partial charge in [0.2, 0.25) is 0 Å². The Kier molecular flexibility index (Phi) is 6.20. The molecule has 224 valence electrons. The standard InChI is InChI=1S/C38H30N4P2S2/c1-7-19-31(20-8-1)37-39-41-43(45-37,33-23-11-3-12-24-33,34-25-13-4-14-26-34)42-40-38(32-21-9-2-10-22-32)46-44(41,42,35-27-15-5-16-28-35)36-29-17-6-18-30-36/h1-30H. The van der Waals surface area contributed by atoms with Crippen molar-refractivity contribution in [2.75, 3.05) is 0 Å². The van der Waals surface area contributed by atoms with Crippen LogP contribution in [-0.2, 0) is 0 Å². The van der Waals surface area contributed by atoms with Crippen molar-refractivity contribution in [1.82, 2.24) is 9.10 Å². The third kappa shape index (κ3) is 3.25. The van der Waals surface area contributed by atoms with Gasteiger partial charge in [-0.25, -0.2) is 0 Å². The first-order valence-electron chi connectivity index (χ1n) is 15.3. The first-order valence-corrected chi connectivity index (χ1v) is 22.4. The summed E-state index contributed by atoms with van der Waals surface area (Å²) in [6.07, 6.45) is -7.37. The van der Waals surface area contributed by atoms with E-state index in [2.05, 4.69) is 191 Å². The maximum atomic E-state index is 5.88. The van der Waals surface area contributed by atoms with E-state index in [4.69, 9.17) is 10.2 Å². The van der Waals surface area contributed by atoms with Crippen molar-refractivity contribution in [2.24, 2.45) is 10.2 Å². The third-order valence-corrected chi connectivity index (χ3v) is 31.9. The predicted molar refractivity (Wildman–Crippen MR) is 203 cm³/mol. The van der Waals surface area contributed by atoms with Crippen molar-refractivity contribution in [3.63, 3.8) is 0 Å². The van der Waals surface area contributed by atoms with Crippen LogP contribution in [0.25, 0.3) is 0 Å². The predicted octanol–water partition coefficient (Wildman–Crippen LogP) is 8.72. The van der Waals surface area contributed by atoms with Crippen LogP contribution in [0.2, 0.25) is 0 Å². The van der Waals surface area contributed by atoms with Crippen molar-refractivity contribution in [2.45, 2.75) is 0 Å². The van der Waals surface area contributed by atoms with Gasteiger partial charge in [-0.15, -0.1) is 0 Å². The van der Waals surface area contributed by atoms with Crippen LogP contribution in [0.3, 0.4) is 0 Å². The first kappa shape index (κ1) is 28.1. The molecule has 8 heteroatoms. The summed E-state index contributed by atoms with van der Waals surface area (Å²) >= 11 is 3.84. The van der Waals surface area contributed by atoms with E-state index in [-0.39, 0.29) is 0 Å². The maximum absolute atomic E-state index is 5.88. The normalized spacial score (nSPS) is 21.1. The van der Waals surface area contributed by atoms with Crippen molar-refractivity contribution >= 4 is 66.3 Å². The monoisotopic (exact) mass is 668 g/mol. The number of hydrogen-bond donors (Lipinski definition) is 0. The molecule has 0 N–H and O–H groups in total. The number of hydrazone groups is 2. The summed E-state index contributed by atoms with van der Waals surface area (Å²) in [6.45, 7) is 0. The molecule has 46 heavy (non-hydrogen) atoms. The minimum atomic E-state index is -3.69. The molecule has 3 aliphatic heterocycles. The fourth-order valence-corrected chi connectivity index (χ4v) is 37.9. The molecular formula is C38H30N4P2S2. The van der Waals surface area contributed by atoms with Crippen LogP contribution < -0.4 is 21.2 Å². The van der Waals surface area contributed by atoms with Crippen LogP contribution in [0.15, 0.2) is 192 Å². The van der Waals surface area contributed by atoms with E-state index < -0.39 is 12.2 Å². The summed E-state index contributed by atoms with van der Waals surface area (Å²) in [6, 6.07) is 65.5. The van der Waals surface area contributed by atoms with Gasteiger partial charge in [0.15, 0.2) is 0 Å². The molecule has 0 aromatic heterocycles. The van der Waals surface area contributed by atoms with Gasteiger partial charge < -0.3 is 0 Å². The molecule has 0 amide bonds. The quantitative estimate of drug-likeness (QED) is 0.166. The van der Waals surface area contributed by atoms with E-state index in [1.165, 1.54) is 21.2 Å². The third-order valence-electron chi connectivity index (χ3n) is 9.14. The van der Waals surface area contributed by atoms with Crippen LogP contribution in [0, 0.1) is 0 Å². The van der Waals surface area contributed by atoms with E-state index in [1.54, 1.807) is 0 Å². The van der Waals surface area contributed by atoms with Crippen LogP contribution in [0.5, 0.6) is 0 Å². The molecule has 0 saturated carbocycles. The summed E-state index contributed by atoms with van der Waals surface area (Å²) in [5.74, 6) is 0. The zero-order chi connectivity index (χ0) is 30.7. The molecule has 3 heterocycles. The first-order chi connectivity index (χ1) is 22.7. The minimum absolute atomic E-state index is 1.02. The average Bonchev–Trinajstić information content (AvgIpc) is 3.68. The Morgan fingerprint density at radius 2 is 0.565 bits per heavy atom. The summed E-state index contributed by atoms with van der Waals surface area (Å²) < 4.78 is 5.28. The average molecular weight is 669 g/mol. The molecule has 3 aliphatic rings. The Labute approximate surface area is 277 Å². The van der Waals surface area contributed by atoms with Gasteiger partial charge in [0.05, 0.1) is 0 Å². The molecule has 1 fully saturated rings. The molecule has 6 aromatic carbocycles. The summed E-state index contributed by atoms with van der Waals surface area (Å²) in [7, 11) is 0. The molecule has 9 rings (SSSR count). The molecule has 0 bridgehead atoms. The Morgan fingerprint density at radius 3 is 0.826 bits per heavy atom. The Hall–Kier alpha value is -4.18. The number of nitrogens with zero attached hydrogens (tertiary/aromatic N) is 4. The molecular weight excluding hydrogens is 639 g/mol. The molecule has 0 aliphatic carbocycles. The number of rotatable bonds is 6. The summed E-state index contributed by atoms with van der Waals surface area (Å²) in [5, 5.41) is 18.8. The van der Waals surface area contributed by atoms with E-state index in [0.717, 1.165) is 21.2 Å². The molecule has 0 unspecified atom stereocenters. The molecule has 4 nitrogen and oxygen atoms in total. The van der Waals surface area contributed by atoms with Gasteiger partial charge in [0.25, 0.3) is 0 Å². The van der Waals surface area contributed by atoms with Gasteiger partial charge in [-0.3, -0.25) is 0 Å². The van der Waals surface area contributed by atoms with Gasteiger partial charge in [0.1, 0.15) is 0 Å². The SMILES string of the molecule is c1ccc(C2=NN3P(c4ccccc4)(c4ccccc4)(S2)N2N=C(c4ccccc4)SP32(c2ccccc2)c2ccccc2)cc1. The van der Waals surface area contributed by atoms with E-state index in [9.17, 15) is 0 Å². The molecule has 0 spiro atoms. The zero-order valence-corrected chi connectivity index (χ0v) is 28.2. The van der Waals surface area contributed by atoms with Crippen LogP contribution >= 0.6 is 35.0 Å². The van der Waals surface area contributed by atoms with Crippen LogP contribution in [-0.4, -0.2) is 19.2 Å². The molecule has 0 atom stereocenters. The van der Waals surface area contributed by atoms with E-state index in [1.807, 2.05) is 22.8 Å². The van der Waals surface area contributed by atoms with E-state index in [0.29, 0.717) is 0 Å². The Balaban J connectivity index is 1.49. The van der Waals surface area contributed by atoms with Crippen molar-refractivity contribution in [3.8, 4) is 0 Å². The van der Waals surface area contributed by atoms with Gasteiger partial charge in [-0.05, 0) is 0 Å². The Morgan fingerprint density at radius 1 is 0.326 bits per heavy atom. The van der Waals surface area contributed by atoms with Gasteiger partial charge in [0, 0.05) is 0 Å². The number of hydrogen-bond acceptors (Lipinski definition) is 6. The van der Waals surface area contributed by atoms with Crippen molar-refractivity contribution in [3.05, 3.63) is 193 Å². The Bertz CT molecular complexity index is 1880. The van der Waals surface area contributed by atoms with Crippen LogP contribution in [0.1, 0.15) is 11.1 Å². The fraction of sp³-hybridized carbons (Fsp3) is 0. The number of benzene rings is 6. The van der Waals surface area contributed by atoms with E-state index >= 15 is 0 Å². The van der Waals surface area contributed by atoms with Crippen molar-refractivity contribution < 1.29 is 0 Å². The van der Waals surface area contributed by atoms with Crippen LogP contribution in [0.4, 0.5) is 0 Å². The van der Waals surface area contributed by atoms with Gasteiger partial charge in [-0.2, -0.15) is 0 Å². The molecule has 6 aromatic rings. The topological polar surface area (TPSA) is 31.2 Å². The summed E-state index contributed by atoms with van der Waals surface area (Å²) in [4.78, 5) is 0. The second-order valence-corrected chi connectivity index (χ2v) is 25.9. The molecule has 1 saturated heterocycles. The zero-order valence-electron chi connectivity index (χ0n) is 24.8. The van der Waals surface area contributed by atoms with Gasteiger partial charge in [-0.1, -0.05) is 0 Å². The fourth-order valence-electron chi connectivity index (χ4n) is 7.24. The second-order valence-electron chi connectivity index (χ2n) is 11.5.